The Morgan fingerprint density at radius 2 is 1.58 bits per heavy atom. The van der Waals surface area contributed by atoms with Gasteiger partial charge in [-0.15, -0.1) is 5.73 Å². The number of fused-ring (bicyclic) bond motifs is 4. The standard InChI is InChI=1S/C43H41N3O6/c1-49-39-21-35-31(6-3-5-28-17-29(26-7-8-26)9-10-30(28)19-38(35)47)20-41(39)51-15-4-16-52-42-23-37-36(22-40(42)50-2)43(48)46-25-32(18-34(46)24-45-37)27-11-13-33(44)14-12-27/h5-6,9-14,20-26,28,34H,4,7-8,15-19,44H2,1-2H3/t3?,28-,34+/m1/s1. The molecule has 2 heterocycles. The molecular weight excluding hydrogens is 654 g/mol. The van der Waals surface area contributed by atoms with Crippen molar-refractivity contribution < 1.29 is 28.5 Å². The number of ketones is 1. The van der Waals surface area contributed by atoms with E-state index in [-0.39, 0.29) is 23.7 Å². The highest BCUT2D eigenvalue weighted by molar-refractivity contribution is 6.05. The van der Waals surface area contributed by atoms with Crippen molar-refractivity contribution in [3.05, 3.63) is 112 Å². The first kappa shape index (κ1) is 33.4. The molecule has 9 nitrogen and oxygen atoms in total. The molecule has 1 saturated carbocycles. The summed E-state index contributed by atoms with van der Waals surface area (Å²) < 4.78 is 23.6. The van der Waals surface area contributed by atoms with Crippen molar-refractivity contribution >= 4 is 40.9 Å². The minimum Gasteiger partial charge on any atom is -0.493 e. The van der Waals surface area contributed by atoms with E-state index >= 15 is 0 Å². The summed E-state index contributed by atoms with van der Waals surface area (Å²) in [6, 6.07) is 14.5. The first-order valence-electron chi connectivity index (χ1n) is 17.9. The molecule has 0 saturated heterocycles. The average molecular weight is 696 g/mol. The van der Waals surface area contributed by atoms with Gasteiger partial charge in [-0.1, -0.05) is 35.4 Å². The topological polar surface area (TPSA) is 113 Å². The molecule has 0 aromatic heterocycles. The van der Waals surface area contributed by atoms with Gasteiger partial charge in [0.25, 0.3) is 5.91 Å². The van der Waals surface area contributed by atoms with E-state index < -0.39 is 0 Å². The smallest absolute Gasteiger partial charge is 0.260 e. The normalized spacial score (nSPS) is 20.2. The van der Waals surface area contributed by atoms with Crippen molar-refractivity contribution in [2.75, 3.05) is 33.2 Å². The molecule has 264 valence electrons. The summed E-state index contributed by atoms with van der Waals surface area (Å²) in [6.07, 6.45) is 17.1. The average Bonchev–Trinajstić information content (AvgIpc) is 3.93. The van der Waals surface area contributed by atoms with E-state index in [1.54, 1.807) is 37.3 Å². The Kier molecular flexibility index (Phi) is 9.04. The van der Waals surface area contributed by atoms with Crippen LogP contribution >= 0.6 is 0 Å². The van der Waals surface area contributed by atoms with E-state index in [9.17, 15) is 9.59 Å². The number of allylic oxidation sites excluding steroid dienone is 5. The maximum Gasteiger partial charge on any atom is 0.260 e. The van der Waals surface area contributed by atoms with Crippen LogP contribution in [0, 0.1) is 11.8 Å². The monoisotopic (exact) mass is 695 g/mol. The van der Waals surface area contributed by atoms with E-state index in [0.29, 0.717) is 83.9 Å². The van der Waals surface area contributed by atoms with Crippen LogP contribution in [0.1, 0.15) is 70.4 Å². The summed E-state index contributed by atoms with van der Waals surface area (Å²) in [5.74, 6) is 2.80. The minimum absolute atomic E-state index is 0.0571. The molecule has 52 heavy (non-hydrogen) atoms. The van der Waals surface area contributed by atoms with Gasteiger partial charge >= 0.3 is 0 Å². The third kappa shape index (κ3) is 6.67. The van der Waals surface area contributed by atoms with Gasteiger partial charge < -0.3 is 29.6 Å². The molecule has 0 unspecified atom stereocenters. The Hall–Kier alpha value is -5.79. The number of benzene rings is 3. The molecule has 3 aromatic carbocycles. The molecule has 0 radical (unpaired) electrons. The van der Waals surface area contributed by atoms with Crippen molar-refractivity contribution in [1.82, 2.24) is 4.90 Å². The van der Waals surface area contributed by atoms with Crippen LogP contribution in [0.3, 0.4) is 0 Å². The van der Waals surface area contributed by atoms with Crippen molar-refractivity contribution in [2.45, 2.75) is 44.6 Å². The lowest BCUT2D eigenvalue weighted by Gasteiger charge is -2.22. The van der Waals surface area contributed by atoms with Gasteiger partial charge in [-0.25, -0.2) is 0 Å². The Bertz CT molecular complexity index is 2130. The number of anilines is 1. The molecule has 2 N–H and O–H groups in total. The quantitative estimate of drug-likeness (QED) is 0.129. The highest BCUT2D eigenvalue weighted by Gasteiger charge is 2.34. The van der Waals surface area contributed by atoms with Crippen LogP contribution in [-0.2, 0) is 0 Å². The number of ether oxygens (including phenoxy) is 4. The molecule has 0 bridgehead atoms. The number of carbonyl (C=O) groups excluding carboxylic acids is 2. The number of hydrogen-bond donors (Lipinski definition) is 1. The summed E-state index contributed by atoms with van der Waals surface area (Å²) in [4.78, 5) is 33.7. The van der Waals surface area contributed by atoms with Crippen LogP contribution in [0.25, 0.3) is 11.6 Å². The molecular formula is C43H41N3O6. The van der Waals surface area contributed by atoms with Crippen LogP contribution in [0.2, 0.25) is 0 Å². The molecule has 3 aromatic rings. The number of amides is 1. The summed E-state index contributed by atoms with van der Waals surface area (Å²) in [5, 5.41) is 0. The van der Waals surface area contributed by atoms with Crippen molar-refractivity contribution in [3.8, 4) is 23.0 Å². The fraction of sp³-hybridized carbons (Fsp3) is 0.302. The lowest BCUT2D eigenvalue weighted by Crippen LogP contribution is -2.32. The molecule has 8 rings (SSSR count). The Balaban J connectivity index is 0.922. The van der Waals surface area contributed by atoms with E-state index in [2.05, 4.69) is 24.0 Å². The second-order valence-electron chi connectivity index (χ2n) is 13.8. The maximum absolute atomic E-state index is 13.7. The molecule has 9 heteroatoms. The van der Waals surface area contributed by atoms with Gasteiger partial charge in [-0.3, -0.25) is 14.6 Å². The van der Waals surface area contributed by atoms with Gasteiger partial charge in [0.15, 0.2) is 28.8 Å². The van der Waals surface area contributed by atoms with Gasteiger partial charge in [-0.2, -0.15) is 0 Å². The number of aliphatic imine (C=N–C) groups is 1. The predicted octanol–water partition coefficient (Wildman–Crippen LogP) is 8.14. The van der Waals surface area contributed by atoms with E-state index in [0.717, 1.165) is 28.7 Å². The highest BCUT2D eigenvalue weighted by Crippen LogP contribution is 2.44. The van der Waals surface area contributed by atoms with E-state index in [4.69, 9.17) is 29.7 Å². The van der Waals surface area contributed by atoms with Gasteiger partial charge in [0.2, 0.25) is 0 Å². The number of hydrogen-bond acceptors (Lipinski definition) is 8. The Morgan fingerprint density at radius 3 is 2.31 bits per heavy atom. The van der Waals surface area contributed by atoms with Gasteiger partial charge in [0.05, 0.1) is 44.7 Å². The molecule has 5 aliphatic rings. The van der Waals surface area contributed by atoms with Crippen LogP contribution in [0.15, 0.2) is 94.8 Å². The van der Waals surface area contributed by atoms with E-state index in [1.165, 1.54) is 18.4 Å². The number of carbonyl (C=O) groups is 2. The molecule has 3 aliphatic carbocycles. The zero-order valence-electron chi connectivity index (χ0n) is 29.4. The Labute approximate surface area is 303 Å². The van der Waals surface area contributed by atoms with Gasteiger partial charge in [0, 0.05) is 54.9 Å². The summed E-state index contributed by atoms with van der Waals surface area (Å²) in [5.41, 5.74) is 17.0. The molecule has 2 atom stereocenters. The van der Waals surface area contributed by atoms with Crippen molar-refractivity contribution in [2.24, 2.45) is 16.8 Å². The second-order valence-corrected chi connectivity index (χ2v) is 13.8. The third-order valence-corrected chi connectivity index (χ3v) is 10.4. The van der Waals surface area contributed by atoms with Crippen LogP contribution in [0.5, 0.6) is 23.0 Å². The predicted molar refractivity (Wildman–Crippen MR) is 202 cm³/mol. The number of Topliss-reactive ketones (excluding diaryl/α,β-unsaturated/α-hetero) is 1. The first-order valence-corrected chi connectivity index (χ1v) is 17.9. The molecule has 1 amide bonds. The SMILES string of the molecule is COc1cc2c(cc1OCCCOc1cc3c(cc1OC)C(=O)N1C=C(c4ccc(N)cc4)C[C@H]1C=N3)C=C=C[C@@H]1CC(C3CC3)=CC=C1CC2=O. The number of methoxy groups -OCH3 is 2. The number of nitrogen functional groups attached to an aromatic ring is 1. The highest BCUT2D eigenvalue weighted by atomic mass is 16.5. The first-order chi connectivity index (χ1) is 25.4. The number of nitrogens with zero attached hydrogens (tertiary/aromatic N) is 2. The van der Waals surface area contributed by atoms with Crippen LogP contribution in [0.4, 0.5) is 11.4 Å². The molecule has 2 aliphatic heterocycles. The number of rotatable bonds is 10. The van der Waals surface area contributed by atoms with Crippen molar-refractivity contribution in [3.63, 3.8) is 0 Å². The summed E-state index contributed by atoms with van der Waals surface area (Å²) >= 11 is 0. The summed E-state index contributed by atoms with van der Waals surface area (Å²) in [7, 11) is 3.13. The van der Waals surface area contributed by atoms with Crippen LogP contribution in [-0.4, -0.2) is 56.3 Å². The largest absolute Gasteiger partial charge is 0.493 e. The maximum atomic E-state index is 13.7. The Morgan fingerprint density at radius 1 is 0.865 bits per heavy atom. The molecule has 0 spiro atoms. The van der Waals surface area contributed by atoms with E-state index in [1.807, 2.05) is 48.8 Å². The third-order valence-electron chi connectivity index (χ3n) is 10.4. The number of nitrogens with two attached hydrogens (primary N) is 1. The lowest BCUT2D eigenvalue weighted by molar-refractivity contribution is 0.0817. The van der Waals surface area contributed by atoms with Gasteiger partial charge in [-0.05, 0) is 84.4 Å². The summed E-state index contributed by atoms with van der Waals surface area (Å²) in [6.45, 7) is 0.674. The second kappa shape index (κ2) is 14.1. The zero-order chi connectivity index (χ0) is 35.8. The van der Waals surface area contributed by atoms with Gasteiger partial charge in [0.1, 0.15) is 0 Å². The van der Waals surface area contributed by atoms with Crippen LogP contribution < -0.4 is 24.7 Å². The lowest BCUT2D eigenvalue weighted by atomic mass is 9.82. The fourth-order valence-corrected chi connectivity index (χ4v) is 7.34. The minimum atomic E-state index is -0.192. The van der Waals surface area contributed by atoms with Crippen molar-refractivity contribution in [1.29, 1.82) is 0 Å². The zero-order valence-corrected chi connectivity index (χ0v) is 29.4. The molecule has 1 fully saturated rings. The fourth-order valence-electron chi connectivity index (χ4n) is 7.34.